The zero-order chi connectivity index (χ0) is 11.1. The molecule has 0 saturated carbocycles. The van der Waals surface area contributed by atoms with Gasteiger partial charge in [0, 0.05) is 19.3 Å². The maximum atomic E-state index is 4.35. The van der Waals surface area contributed by atoms with Gasteiger partial charge >= 0.3 is 0 Å². The van der Waals surface area contributed by atoms with Crippen molar-refractivity contribution in [3.8, 4) is 0 Å². The predicted octanol–water partition coefficient (Wildman–Crippen LogP) is 3.49. The number of rotatable bonds is 6. The van der Waals surface area contributed by atoms with Crippen molar-refractivity contribution < 1.29 is 0 Å². The molecule has 0 N–H and O–H groups in total. The number of anilines is 1. The third-order valence-corrected chi connectivity index (χ3v) is 2.90. The van der Waals surface area contributed by atoms with Gasteiger partial charge in [-0.05, 0) is 25.5 Å². The van der Waals surface area contributed by atoms with Crippen LogP contribution in [0.3, 0.4) is 0 Å². The van der Waals surface area contributed by atoms with Crippen LogP contribution in [0.4, 0.5) is 5.82 Å². The molecule has 1 unspecified atom stereocenters. The van der Waals surface area contributed by atoms with Gasteiger partial charge in [-0.3, -0.25) is 0 Å². The number of unbranched alkanes of at least 4 members (excludes halogenated alkanes) is 2. The zero-order valence-corrected chi connectivity index (χ0v) is 10.1. The molecule has 1 rings (SSSR count). The van der Waals surface area contributed by atoms with E-state index in [0.717, 1.165) is 5.82 Å². The molecule has 0 amide bonds. The monoisotopic (exact) mass is 206 g/mol. The smallest absolute Gasteiger partial charge is 0.128 e. The summed E-state index contributed by atoms with van der Waals surface area (Å²) in [5.41, 5.74) is 0. The Hall–Kier alpha value is -1.05. The highest BCUT2D eigenvalue weighted by atomic mass is 15.2. The van der Waals surface area contributed by atoms with E-state index in [1.54, 1.807) is 0 Å². The number of pyridine rings is 1. The van der Waals surface area contributed by atoms with E-state index in [2.05, 4.69) is 36.8 Å². The molecule has 0 aliphatic carbocycles. The van der Waals surface area contributed by atoms with E-state index in [-0.39, 0.29) is 0 Å². The van der Waals surface area contributed by atoms with Crippen molar-refractivity contribution in [1.82, 2.24) is 4.98 Å². The Morgan fingerprint density at radius 1 is 1.33 bits per heavy atom. The van der Waals surface area contributed by atoms with Crippen LogP contribution in [-0.4, -0.2) is 18.1 Å². The molecule has 1 aromatic heterocycles. The molecule has 0 aromatic carbocycles. The van der Waals surface area contributed by atoms with E-state index in [1.807, 2.05) is 18.3 Å². The number of aromatic nitrogens is 1. The first kappa shape index (κ1) is 12.0. The second-order valence-electron chi connectivity index (χ2n) is 4.14. The molecule has 15 heavy (non-hydrogen) atoms. The highest BCUT2D eigenvalue weighted by Crippen LogP contribution is 2.14. The van der Waals surface area contributed by atoms with Gasteiger partial charge in [0.2, 0.25) is 0 Å². The van der Waals surface area contributed by atoms with Gasteiger partial charge in [0.1, 0.15) is 5.82 Å². The lowest BCUT2D eigenvalue weighted by Gasteiger charge is -2.25. The second-order valence-corrected chi connectivity index (χ2v) is 4.14. The fraction of sp³-hybridized carbons (Fsp3) is 0.615. The molecule has 0 spiro atoms. The van der Waals surface area contributed by atoms with E-state index < -0.39 is 0 Å². The summed E-state index contributed by atoms with van der Waals surface area (Å²) < 4.78 is 0. The molecule has 0 aliphatic heterocycles. The summed E-state index contributed by atoms with van der Waals surface area (Å²) in [5.74, 6) is 1.07. The summed E-state index contributed by atoms with van der Waals surface area (Å²) in [6.07, 6.45) is 7.04. The minimum absolute atomic E-state index is 0.575. The Morgan fingerprint density at radius 3 is 2.73 bits per heavy atom. The van der Waals surface area contributed by atoms with Gasteiger partial charge in [0.15, 0.2) is 0 Å². The molecule has 84 valence electrons. The molecule has 0 radical (unpaired) electrons. The molecule has 0 bridgehead atoms. The van der Waals surface area contributed by atoms with E-state index in [4.69, 9.17) is 0 Å². The normalized spacial score (nSPS) is 12.5. The Kier molecular flexibility index (Phi) is 5.16. The molecule has 2 nitrogen and oxygen atoms in total. The minimum Gasteiger partial charge on any atom is -0.357 e. The van der Waals surface area contributed by atoms with Crippen molar-refractivity contribution in [2.45, 2.75) is 45.6 Å². The highest BCUT2D eigenvalue weighted by molar-refractivity contribution is 5.37. The fourth-order valence-electron chi connectivity index (χ4n) is 1.67. The lowest BCUT2D eigenvalue weighted by Crippen LogP contribution is -2.29. The van der Waals surface area contributed by atoms with Crippen molar-refractivity contribution in [3.63, 3.8) is 0 Å². The van der Waals surface area contributed by atoms with Gasteiger partial charge in [0.25, 0.3) is 0 Å². The lowest BCUT2D eigenvalue weighted by atomic mass is 10.1. The molecule has 0 fully saturated rings. The molecular formula is C13H22N2. The molecule has 0 aliphatic rings. The van der Waals surface area contributed by atoms with Crippen LogP contribution in [0.15, 0.2) is 24.4 Å². The fourth-order valence-corrected chi connectivity index (χ4v) is 1.67. The first-order valence-corrected chi connectivity index (χ1v) is 5.89. The van der Waals surface area contributed by atoms with Crippen molar-refractivity contribution >= 4 is 5.82 Å². The first-order chi connectivity index (χ1) is 7.25. The van der Waals surface area contributed by atoms with Crippen LogP contribution in [0.1, 0.15) is 39.5 Å². The van der Waals surface area contributed by atoms with Crippen molar-refractivity contribution in [1.29, 1.82) is 0 Å². The molecule has 0 saturated heterocycles. The van der Waals surface area contributed by atoms with Gasteiger partial charge < -0.3 is 4.90 Å². The molecule has 1 aromatic rings. The summed E-state index contributed by atoms with van der Waals surface area (Å²) >= 11 is 0. The average Bonchev–Trinajstić information content (AvgIpc) is 2.29. The Bertz CT molecular complexity index is 258. The topological polar surface area (TPSA) is 16.1 Å². The highest BCUT2D eigenvalue weighted by Gasteiger charge is 2.09. The minimum atomic E-state index is 0.575. The number of hydrogen-bond acceptors (Lipinski definition) is 2. The van der Waals surface area contributed by atoms with Crippen LogP contribution in [0.2, 0.25) is 0 Å². The van der Waals surface area contributed by atoms with Crippen molar-refractivity contribution in [2.75, 3.05) is 11.9 Å². The van der Waals surface area contributed by atoms with Gasteiger partial charge in [-0.15, -0.1) is 0 Å². The first-order valence-electron chi connectivity index (χ1n) is 5.89. The summed E-state index contributed by atoms with van der Waals surface area (Å²) in [4.78, 5) is 6.61. The van der Waals surface area contributed by atoms with E-state index >= 15 is 0 Å². The quantitative estimate of drug-likeness (QED) is 0.662. The number of nitrogens with zero attached hydrogens (tertiary/aromatic N) is 2. The van der Waals surface area contributed by atoms with Crippen molar-refractivity contribution in [2.24, 2.45) is 0 Å². The standard InChI is InChI=1S/C13H22N2/c1-4-5-6-9-12(2)15(3)13-10-7-8-11-14-13/h7-8,10-12H,4-6,9H2,1-3H3. The maximum absolute atomic E-state index is 4.35. The SMILES string of the molecule is CCCCCC(C)N(C)c1ccccn1. The van der Waals surface area contributed by atoms with Crippen LogP contribution in [0, 0.1) is 0 Å². The Labute approximate surface area is 93.3 Å². The van der Waals surface area contributed by atoms with Crippen LogP contribution in [-0.2, 0) is 0 Å². The van der Waals surface area contributed by atoms with E-state index in [1.165, 1.54) is 25.7 Å². The lowest BCUT2D eigenvalue weighted by molar-refractivity contribution is 0.566. The largest absolute Gasteiger partial charge is 0.357 e. The molecule has 2 heteroatoms. The summed E-state index contributed by atoms with van der Waals surface area (Å²) in [6.45, 7) is 4.51. The summed E-state index contributed by atoms with van der Waals surface area (Å²) in [5, 5.41) is 0. The van der Waals surface area contributed by atoms with Gasteiger partial charge in [-0.2, -0.15) is 0 Å². The Balaban J connectivity index is 2.42. The van der Waals surface area contributed by atoms with E-state index in [9.17, 15) is 0 Å². The summed E-state index contributed by atoms with van der Waals surface area (Å²) in [7, 11) is 2.12. The second kappa shape index (κ2) is 6.44. The van der Waals surface area contributed by atoms with Crippen LogP contribution in [0.25, 0.3) is 0 Å². The third-order valence-electron chi connectivity index (χ3n) is 2.90. The number of hydrogen-bond donors (Lipinski definition) is 0. The van der Waals surface area contributed by atoms with Gasteiger partial charge in [-0.25, -0.2) is 4.98 Å². The average molecular weight is 206 g/mol. The van der Waals surface area contributed by atoms with Crippen LogP contribution >= 0.6 is 0 Å². The summed E-state index contributed by atoms with van der Waals surface area (Å²) in [6, 6.07) is 6.64. The molecule has 1 atom stereocenters. The van der Waals surface area contributed by atoms with Gasteiger partial charge in [-0.1, -0.05) is 32.3 Å². The van der Waals surface area contributed by atoms with Crippen LogP contribution < -0.4 is 4.90 Å². The Morgan fingerprint density at radius 2 is 2.13 bits per heavy atom. The zero-order valence-electron chi connectivity index (χ0n) is 10.1. The van der Waals surface area contributed by atoms with Crippen LogP contribution in [0.5, 0.6) is 0 Å². The van der Waals surface area contributed by atoms with Crippen molar-refractivity contribution in [3.05, 3.63) is 24.4 Å². The van der Waals surface area contributed by atoms with Gasteiger partial charge in [0.05, 0.1) is 0 Å². The van der Waals surface area contributed by atoms with E-state index in [0.29, 0.717) is 6.04 Å². The molecular weight excluding hydrogens is 184 g/mol. The maximum Gasteiger partial charge on any atom is 0.128 e. The third kappa shape index (κ3) is 3.90. The molecule has 1 heterocycles. The predicted molar refractivity (Wildman–Crippen MR) is 66.2 cm³/mol.